The second-order valence-corrected chi connectivity index (χ2v) is 6.69. The van der Waals surface area contributed by atoms with Crippen LogP contribution in [0.1, 0.15) is 5.56 Å². The number of hydrogen-bond acceptors (Lipinski definition) is 3. The zero-order valence-electron chi connectivity index (χ0n) is 14.5. The minimum absolute atomic E-state index is 0.150. The summed E-state index contributed by atoms with van der Waals surface area (Å²) in [6.45, 7) is 1.89. The van der Waals surface area contributed by atoms with E-state index in [1.54, 1.807) is 12.4 Å². The van der Waals surface area contributed by atoms with Crippen molar-refractivity contribution in [3.63, 3.8) is 0 Å². The Kier molecular flexibility index (Phi) is 3.24. The number of hydrogen-bond donors (Lipinski definition) is 2. The quantitative estimate of drug-likeness (QED) is 0.449. The Balaban J connectivity index is 1.90. The molecule has 5 rings (SSSR count). The van der Waals surface area contributed by atoms with Gasteiger partial charge in [0.15, 0.2) is 0 Å². The standard InChI is InChI=1S/C22H15N3O2/c1-12-8-14(16-9-13-4-2-3-5-18(13)24-21(16)26)10-17-15-6-7-23-11-19(15)25-22(27)20(12)17/h2-11H,1H3,(H,24,26)(H,25,27). The van der Waals surface area contributed by atoms with Crippen LogP contribution >= 0.6 is 0 Å². The molecule has 0 radical (unpaired) electrons. The van der Waals surface area contributed by atoms with Gasteiger partial charge in [-0.25, -0.2) is 0 Å². The minimum Gasteiger partial charge on any atom is -0.321 e. The number of aryl methyl sites for hydroxylation is 1. The second-order valence-electron chi connectivity index (χ2n) is 6.69. The van der Waals surface area contributed by atoms with Crippen LogP contribution in [-0.4, -0.2) is 15.0 Å². The highest BCUT2D eigenvalue weighted by molar-refractivity contribution is 6.07. The summed E-state index contributed by atoms with van der Waals surface area (Å²) >= 11 is 0. The van der Waals surface area contributed by atoms with Gasteiger partial charge in [-0.2, -0.15) is 0 Å². The number of para-hydroxylation sites is 1. The van der Waals surface area contributed by atoms with E-state index in [1.807, 2.05) is 55.5 Å². The Bertz CT molecular complexity index is 1480. The summed E-state index contributed by atoms with van der Waals surface area (Å²) < 4.78 is 0. The SMILES string of the molecule is Cc1cc(-c2cc3ccccc3[nH]c2=O)cc2c1c(=O)[nH]c1cnccc12. The van der Waals surface area contributed by atoms with Crippen LogP contribution in [0.4, 0.5) is 0 Å². The molecule has 0 aliphatic carbocycles. The van der Waals surface area contributed by atoms with E-state index in [4.69, 9.17) is 0 Å². The molecule has 0 spiro atoms. The maximum atomic E-state index is 12.7. The molecule has 0 unspecified atom stereocenters. The van der Waals surface area contributed by atoms with Crippen molar-refractivity contribution in [1.29, 1.82) is 0 Å². The highest BCUT2D eigenvalue weighted by atomic mass is 16.1. The number of pyridine rings is 3. The van der Waals surface area contributed by atoms with E-state index in [2.05, 4.69) is 15.0 Å². The fourth-order valence-corrected chi connectivity index (χ4v) is 3.73. The molecule has 0 fully saturated rings. The van der Waals surface area contributed by atoms with Crippen LogP contribution in [-0.2, 0) is 0 Å². The summed E-state index contributed by atoms with van der Waals surface area (Å²) in [5.41, 5.74) is 3.38. The van der Waals surface area contributed by atoms with Crippen LogP contribution in [0, 0.1) is 6.92 Å². The maximum absolute atomic E-state index is 12.7. The highest BCUT2D eigenvalue weighted by Gasteiger charge is 2.12. The summed E-state index contributed by atoms with van der Waals surface area (Å²) in [7, 11) is 0. The van der Waals surface area contributed by atoms with Gasteiger partial charge in [0.2, 0.25) is 0 Å². The Morgan fingerprint density at radius 1 is 0.852 bits per heavy atom. The number of benzene rings is 2. The first-order valence-electron chi connectivity index (χ1n) is 8.64. The number of H-pyrrole nitrogens is 2. The number of fused-ring (bicyclic) bond motifs is 4. The lowest BCUT2D eigenvalue weighted by atomic mass is 9.96. The normalized spacial score (nSPS) is 11.4. The monoisotopic (exact) mass is 353 g/mol. The van der Waals surface area contributed by atoms with E-state index in [0.29, 0.717) is 16.5 Å². The van der Waals surface area contributed by atoms with Crippen molar-refractivity contribution in [3.05, 3.63) is 87.2 Å². The van der Waals surface area contributed by atoms with Gasteiger partial charge in [0.25, 0.3) is 11.1 Å². The Labute approximate surface area is 153 Å². The van der Waals surface area contributed by atoms with Crippen LogP contribution in [0.25, 0.3) is 43.7 Å². The lowest BCUT2D eigenvalue weighted by molar-refractivity contribution is 1.28. The zero-order valence-corrected chi connectivity index (χ0v) is 14.5. The molecular weight excluding hydrogens is 338 g/mol. The fourth-order valence-electron chi connectivity index (χ4n) is 3.73. The molecule has 2 aromatic carbocycles. The van der Waals surface area contributed by atoms with Gasteiger partial charge < -0.3 is 9.97 Å². The van der Waals surface area contributed by atoms with Gasteiger partial charge in [-0.1, -0.05) is 24.3 Å². The predicted octanol–water partition coefficient (Wildman–Crippen LogP) is 3.89. The van der Waals surface area contributed by atoms with E-state index in [0.717, 1.165) is 32.8 Å². The molecule has 0 atom stereocenters. The van der Waals surface area contributed by atoms with Gasteiger partial charge in [0.1, 0.15) is 0 Å². The van der Waals surface area contributed by atoms with Crippen LogP contribution < -0.4 is 11.1 Å². The minimum atomic E-state index is -0.151. The average Bonchev–Trinajstić information content (AvgIpc) is 2.67. The first-order valence-corrected chi connectivity index (χ1v) is 8.64. The third kappa shape index (κ3) is 2.36. The molecule has 0 bridgehead atoms. The van der Waals surface area contributed by atoms with Crippen LogP contribution in [0.15, 0.2) is 70.5 Å². The van der Waals surface area contributed by atoms with Crippen molar-refractivity contribution >= 4 is 32.6 Å². The zero-order chi connectivity index (χ0) is 18.5. The molecule has 0 amide bonds. The van der Waals surface area contributed by atoms with Crippen LogP contribution in [0.3, 0.4) is 0 Å². The lowest BCUT2D eigenvalue weighted by Crippen LogP contribution is -2.11. The van der Waals surface area contributed by atoms with Gasteiger partial charge in [0.05, 0.1) is 17.1 Å². The van der Waals surface area contributed by atoms with Gasteiger partial charge in [-0.15, -0.1) is 0 Å². The molecular formula is C22H15N3O2. The molecule has 130 valence electrons. The highest BCUT2D eigenvalue weighted by Crippen LogP contribution is 2.29. The summed E-state index contributed by atoms with van der Waals surface area (Å²) in [4.78, 5) is 35.1. The topological polar surface area (TPSA) is 78.6 Å². The molecule has 27 heavy (non-hydrogen) atoms. The Morgan fingerprint density at radius 3 is 2.56 bits per heavy atom. The molecule has 0 aliphatic heterocycles. The van der Waals surface area contributed by atoms with E-state index in [-0.39, 0.29) is 11.1 Å². The van der Waals surface area contributed by atoms with Crippen molar-refractivity contribution in [1.82, 2.24) is 15.0 Å². The summed E-state index contributed by atoms with van der Waals surface area (Å²) in [6.07, 6.45) is 3.34. The molecule has 0 aliphatic rings. The third-order valence-corrected chi connectivity index (χ3v) is 4.99. The van der Waals surface area contributed by atoms with E-state index in [9.17, 15) is 9.59 Å². The molecule has 3 heterocycles. The van der Waals surface area contributed by atoms with Crippen molar-refractivity contribution in [2.45, 2.75) is 6.92 Å². The first-order chi connectivity index (χ1) is 13.1. The summed E-state index contributed by atoms with van der Waals surface area (Å²) in [5.74, 6) is 0. The average molecular weight is 353 g/mol. The van der Waals surface area contributed by atoms with Gasteiger partial charge in [-0.05, 0) is 53.1 Å². The van der Waals surface area contributed by atoms with Gasteiger partial charge in [0, 0.05) is 22.7 Å². The number of aromatic nitrogens is 3. The fraction of sp³-hybridized carbons (Fsp3) is 0.0455. The number of rotatable bonds is 1. The number of nitrogens with one attached hydrogen (secondary N) is 2. The summed E-state index contributed by atoms with van der Waals surface area (Å²) in [6, 6.07) is 15.3. The van der Waals surface area contributed by atoms with E-state index < -0.39 is 0 Å². The molecule has 0 saturated carbocycles. The Hall–Kier alpha value is -3.73. The van der Waals surface area contributed by atoms with Crippen molar-refractivity contribution in [2.75, 3.05) is 0 Å². The van der Waals surface area contributed by atoms with Crippen molar-refractivity contribution < 1.29 is 0 Å². The molecule has 5 nitrogen and oxygen atoms in total. The maximum Gasteiger partial charge on any atom is 0.256 e. The second kappa shape index (κ2) is 5.64. The summed E-state index contributed by atoms with van der Waals surface area (Å²) in [5, 5.41) is 3.32. The van der Waals surface area contributed by atoms with E-state index >= 15 is 0 Å². The molecule has 2 N–H and O–H groups in total. The largest absolute Gasteiger partial charge is 0.321 e. The Morgan fingerprint density at radius 2 is 1.67 bits per heavy atom. The molecule has 5 heteroatoms. The molecule has 0 saturated heterocycles. The van der Waals surface area contributed by atoms with Crippen LogP contribution in [0.5, 0.6) is 0 Å². The molecule has 3 aromatic heterocycles. The van der Waals surface area contributed by atoms with Crippen molar-refractivity contribution in [2.24, 2.45) is 0 Å². The third-order valence-electron chi connectivity index (χ3n) is 4.99. The first kappa shape index (κ1) is 15.5. The number of nitrogens with zero attached hydrogens (tertiary/aromatic N) is 1. The van der Waals surface area contributed by atoms with Crippen molar-refractivity contribution in [3.8, 4) is 11.1 Å². The number of aromatic amines is 2. The van der Waals surface area contributed by atoms with Gasteiger partial charge in [-0.3, -0.25) is 14.6 Å². The van der Waals surface area contributed by atoms with Gasteiger partial charge >= 0.3 is 0 Å². The van der Waals surface area contributed by atoms with E-state index in [1.165, 1.54) is 0 Å². The predicted molar refractivity (Wildman–Crippen MR) is 108 cm³/mol. The van der Waals surface area contributed by atoms with Crippen LogP contribution in [0.2, 0.25) is 0 Å². The molecule has 5 aromatic rings. The lowest BCUT2D eigenvalue weighted by Gasteiger charge is -2.10. The smallest absolute Gasteiger partial charge is 0.256 e.